The molecule has 17 heteroatoms. The van der Waals surface area contributed by atoms with Crippen LogP contribution in [0, 0.1) is 5.82 Å². The summed E-state index contributed by atoms with van der Waals surface area (Å²) < 4.78 is 22.3. The van der Waals surface area contributed by atoms with Crippen molar-refractivity contribution in [3.05, 3.63) is 65.4 Å². The first kappa shape index (κ1) is 33.0. The number of aryl methyl sites for hydroxylation is 1. The Morgan fingerprint density at radius 2 is 1.73 bits per heavy atom. The first-order valence-corrected chi connectivity index (χ1v) is 14.0. The number of nitrogens with one attached hydrogen (secondary N) is 3. The van der Waals surface area contributed by atoms with Crippen molar-refractivity contribution in [1.82, 2.24) is 35.2 Å². The zero-order valence-electron chi connectivity index (χ0n) is 26.8. The molecule has 0 aliphatic rings. The molecule has 13 nitrogen and oxygen atoms in total. The molecule has 4 rings (SSSR count). The molecule has 0 saturated heterocycles. The molecular weight excluding hydrogens is 578 g/mol. The molecule has 0 fully saturated rings. The van der Waals surface area contributed by atoms with Gasteiger partial charge >= 0.3 is 0 Å². The largest absolute Gasteiger partial charge is 0.494 e. The van der Waals surface area contributed by atoms with Crippen molar-refractivity contribution in [2.75, 3.05) is 31.8 Å². The van der Waals surface area contributed by atoms with Gasteiger partial charge in [-0.1, -0.05) is 0 Å². The summed E-state index contributed by atoms with van der Waals surface area (Å²) in [5.74, 6) is -0.592. The number of rotatable bonds is 10. The molecule has 45 heavy (non-hydrogen) atoms. The number of pyridine rings is 1. The number of amides is 2. The van der Waals surface area contributed by atoms with E-state index in [0.29, 0.717) is 22.8 Å². The Bertz CT molecular complexity index is 1750. The molecule has 0 aliphatic heterocycles. The summed E-state index contributed by atoms with van der Waals surface area (Å²) in [6.45, 7) is 3.31. The molecule has 232 valence electrons. The Morgan fingerprint density at radius 3 is 2.36 bits per heavy atom. The van der Waals surface area contributed by atoms with Crippen LogP contribution in [-0.4, -0.2) is 96.8 Å². The van der Waals surface area contributed by atoms with E-state index in [0.717, 1.165) is 0 Å². The normalized spacial score (nSPS) is 11.6. The van der Waals surface area contributed by atoms with Crippen LogP contribution in [0.25, 0.3) is 11.3 Å². The van der Waals surface area contributed by atoms with Crippen LogP contribution in [0.3, 0.4) is 0 Å². The van der Waals surface area contributed by atoms with Crippen molar-refractivity contribution in [3.8, 4) is 17.0 Å². The van der Waals surface area contributed by atoms with E-state index in [1.165, 1.54) is 34.9 Å². The second-order valence-electron chi connectivity index (χ2n) is 12.2. The summed E-state index contributed by atoms with van der Waals surface area (Å²) in [4.78, 5) is 31.6. The van der Waals surface area contributed by atoms with Gasteiger partial charge in [-0.2, -0.15) is 5.10 Å². The lowest BCUT2D eigenvalue weighted by atomic mass is 9.49. The SMILES string of the molecule is BC(B)(B)NC(=O)c1nnc(Nc2cc(C(C)(C)O)ccn2)cc1Nc1cc(F)cc(-c2cc(C(=O)N(C)C)n(C)n2)c1OC. The van der Waals surface area contributed by atoms with Gasteiger partial charge in [0.2, 0.25) is 0 Å². The van der Waals surface area contributed by atoms with Crippen LogP contribution in [0.4, 0.5) is 27.4 Å². The Labute approximate surface area is 263 Å². The minimum absolute atomic E-state index is 0.0572. The molecule has 0 aliphatic carbocycles. The molecule has 0 saturated carbocycles. The van der Waals surface area contributed by atoms with Gasteiger partial charge in [-0.15, -0.1) is 10.2 Å². The molecule has 3 heterocycles. The highest BCUT2D eigenvalue weighted by atomic mass is 19.1. The lowest BCUT2D eigenvalue weighted by molar-refractivity contribution is 0.0784. The van der Waals surface area contributed by atoms with E-state index in [9.17, 15) is 14.7 Å². The van der Waals surface area contributed by atoms with Crippen molar-refractivity contribution in [2.45, 2.75) is 24.7 Å². The lowest BCUT2D eigenvalue weighted by Gasteiger charge is -2.22. The van der Waals surface area contributed by atoms with Crippen LogP contribution < -0.4 is 20.7 Å². The number of aromatic nitrogens is 5. The third kappa shape index (κ3) is 7.79. The molecule has 2 amide bonds. The Balaban J connectivity index is 1.80. The number of hydrogen-bond acceptors (Lipinski definition) is 10. The first-order chi connectivity index (χ1) is 21.0. The van der Waals surface area contributed by atoms with Gasteiger partial charge in [-0.25, -0.2) is 9.37 Å². The van der Waals surface area contributed by atoms with Gasteiger partial charge in [0.25, 0.3) is 11.8 Å². The molecule has 4 aromatic rings. The van der Waals surface area contributed by atoms with E-state index >= 15 is 4.39 Å². The van der Waals surface area contributed by atoms with Gasteiger partial charge in [-0.05, 0) is 48.9 Å². The number of methoxy groups -OCH3 is 1. The maximum absolute atomic E-state index is 15.2. The summed E-state index contributed by atoms with van der Waals surface area (Å²) in [5.41, 5.74) is 0.701. The number of anilines is 4. The number of nitrogens with zero attached hydrogens (tertiary/aromatic N) is 6. The maximum Gasteiger partial charge on any atom is 0.272 e. The molecule has 0 radical (unpaired) electrons. The number of ether oxygens (including phenoxy) is 1. The van der Waals surface area contributed by atoms with Gasteiger partial charge in [0.15, 0.2) is 17.3 Å². The summed E-state index contributed by atoms with van der Waals surface area (Å²) in [6, 6.07) is 8.91. The standard InChI is InChI=1S/C28H35B3FN9O4/c1-27(2,44)14-7-8-33-21(9-14)35-22-13-18(23(38-37-22)25(42)36-28(29,30)31)34-19-11-15(32)10-16(24(19)45-6)17-12-20(41(5)39-17)26(43)40(3)4/h7-13,44H,29-31H2,1-6H3,(H,36,42)(H2,33,34,35,37). The molecule has 4 N–H and O–H groups in total. The number of halogens is 1. The van der Waals surface area contributed by atoms with E-state index in [1.54, 1.807) is 59.4 Å². The zero-order valence-corrected chi connectivity index (χ0v) is 26.8. The molecule has 0 bridgehead atoms. The van der Waals surface area contributed by atoms with E-state index < -0.39 is 22.6 Å². The molecular formula is C28H35B3FN9O4. The van der Waals surface area contributed by atoms with Gasteiger partial charge in [-0.3, -0.25) is 14.3 Å². The monoisotopic (exact) mass is 613 g/mol. The summed E-state index contributed by atoms with van der Waals surface area (Å²) in [5, 5.41) is 31.6. The fourth-order valence-corrected chi connectivity index (χ4v) is 4.40. The third-order valence-corrected chi connectivity index (χ3v) is 6.53. The molecule has 1 aromatic carbocycles. The Kier molecular flexibility index (Phi) is 9.23. The highest BCUT2D eigenvalue weighted by Crippen LogP contribution is 2.39. The third-order valence-electron chi connectivity index (χ3n) is 6.53. The highest BCUT2D eigenvalue weighted by Gasteiger charge is 2.25. The second-order valence-corrected chi connectivity index (χ2v) is 12.2. The second kappa shape index (κ2) is 12.6. The number of benzene rings is 1. The van der Waals surface area contributed by atoms with Crippen LogP contribution in [-0.2, 0) is 12.6 Å². The maximum atomic E-state index is 15.2. The number of carbonyl (C=O) groups is 2. The van der Waals surface area contributed by atoms with Crippen LogP contribution in [0.2, 0.25) is 0 Å². The summed E-state index contributed by atoms with van der Waals surface area (Å²) in [7, 11) is 11.8. The Morgan fingerprint density at radius 1 is 1.02 bits per heavy atom. The number of carbonyl (C=O) groups excluding carboxylic acids is 2. The predicted molar refractivity (Wildman–Crippen MR) is 177 cm³/mol. The first-order valence-electron chi connectivity index (χ1n) is 14.0. The van der Waals surface area contributed by atoms with Crippen molar-refractivity contribution in [1.29, 1.82) is 0 Å². The molecule has 0 spiro atoms. The van der Waals surface area contributed by atoms with Crippen molar-refractivity contribution in [2.24, 2.45) is 7.05 Å². The zero-order chi connectivity index (χ0) is 33.3. The smallest absolute Gasteiger partial charge is 0.272 e. The summed E-state index contributed by atoms with van der Waals surface area (Å²) >= 11 is 0. The lowest BCUT2D eigenvalue weighted by Crippen LogP contribution is -2.50. The van der Waals surface area contributed by atoms with Crippen LogP contribution in [0.5, 0.6) is 5.75 Å². The van der Waals surface area contributed by atoms with E-state index in [4.69, 9.17) is 4.74 Å². The van der Waals surface area contributed by atoms with Gasteiger partial charge in [0.05, 0.1) is 29.8 Å². The average molecular weight is 613 g/mol. The van der Waals surface area contributed by atoms with Crippen LogP contribution in [0.1, 0.15) is 40.4 Å². The quantitative estimate of drug-likeness (QED) is 0.181. The number of aliphatic hydroxyl groups is 1. The topological polar surface area (TPSA) is 159 Å². The van der Waals surface area contributed by atoms with Gasteiger partial charge in [0, 0.05) is 45.0 Å². The van der Waals surface area contributed by atoms with Gasteiger partial charge < -0.3 is 30.7 Å². The van der Waals surface area contributed by atoms with Crippen molar-refractivity contribution >= 4 is 58.4 Å². The minimum atomic E-state index is -1.10. The van der Waals surface area contributed by atoms with Crippen LogP contribution >= 0.6 is 0 Å². The molecule has 0 atom stereocenters. The summed E-state index contributed by atoms with van der Waals surface area (Å²) in [6.07, 6.45) is 1.54. The molecule has 3 aromatic heterocycles. The highest BCUT2D eigenvalue weighted by molar-refractivity contribution is 6.60. The van der Waals surface area contributed by atoms with Crippen molar-refractivity contribution < 1.29 is 23.8 Å². The number of hydrogen-bond donors (Lipinski definition) is 4. The fraction of sp³-hybridized carbons (Fsp3) is 0.286. The average Bonchev–Trinajstić information content (AvgIpc) is 3.32. The van der Waals surface area contributed by atoms with E-state index in [1.807, 2.05) is 23.5 Å². The fourth-order valence-electron chi connectivity index (χ4n) is 4.40. The van der Waals surface area contributed by atoms with E-state index in [-0.39, 0.29) is 40.1 Å². The van der Waals surface area contributed by atoms with Gasteiger partial charge in [0.1, 0.15) is 40.9 Å². The van der Waals surface area contributed by atoms with Crippen LogP contribution in [0.15, 0.2) is 42.6 Å². The minimum Gasteiger partial charge on any atom is -0.494 e. The Hall–Kier alpha value is -4.92. The molecule has 0 unspecified atom stereocenters. The van der Waals surface area contributed by atoms with Crippen molar-refractivity contribution in [3.63, 3.8) is 0 Å². The van der Waals surface area contributed by atoms with E-state index in [2.05, 4.69) is 36.2 Å². The predicted octanol–water partition coefficient (Wildman–Crippen LogP) is 0.0766.